The largest absolute Gasteiger partial charge is 0.382 e. The van der Waals surface area contributed by atoms with Crippen molar-refractivity contribution in [2.24, 2.45) is 5.73 Å². The maximum Gasteiger partial charge on any atom is 0.150 e. The molecule has 2 aromatic rings. The fourth-order valence-electron chi connectivity index (χ4n) is 1.44. The van der Waals surface area contributed by atoms with Crippen LogP contribution in [0.25, 0.3) is 10.9 Å². The summed E-state index contributed by atoms with van der Waals surface area (Å²) in [5.41, 5.74) is 12.9. The molecule has 0 atom stereocenters. The smallest absolute Gasteiger partial charge is 0.150 e. The lowest BCUT2D eigenvalue weighted by Crippen LogP contribution is -2.06. The third-order valence-electron chi connectivity index (χ3n) is 2.07. The van der Waals surface area contributed by atoms with Crippen LogP contribution in [-0.4, -0.2) is 16.5 Å². The number of nitrogens with zero attached hydrogens (tertiary/aromatic N) is 2. The molecule has 0 saturated heterocycles. The molecule has 0 spiro atoms. The van der Waals surface area contributed by atoms with Crippen molar-refractivity contribution in [2.75, 3.05) is 12.3 Å². The third-order valence-corrected chi connectivity index (χ3v) is 2.07. The first-order chi connectivity index (χ1) is 6.81. The summed E-state index contributed by atoms with van der Waals surface area (Å²) in [6.07, 6.45) is 2.46. The molecule has 0 radical (unpaired) electrons. The number of aromatic nitrogens is 2. The topological polar surface area (TPSA) is 77.8 Å². The Morgan fingerprint density at radius 1 is 1.36 bits per heavy atom. The van der Waals surface area contributed by atoms with Crippen molar-refractivity contribution in [1.82, 2.24) is 9.97 Å². The lowest BCUT2D eigenvalue weighted by atomic mass is 10.2. The van der Waals surface area contributed by atoms with Crippen molar-refractivity contribution in [3.8, 4) is 0 Å². The molecule has 0 fully saturated rings. The Balaban J connectivity index is 2.60. The van der Waals surface area contributed by atoms with Crippen LogP contribution in [0.3, 0.4) is 0 Å². The highest BCUT2D eigenvalue weighted by atomic mass is 14.9. The molecule has 2 aromatic heterocycles. The Morgan fingerprint density at radius 3 is 3.00 bits per heavy atom. The molecule has 0 aromatic carbocycles. The lowest BCUT2D eigenvalue weighted by molar-refractivity contribution is 0.929. The van der Waals surface area contributed by atoms with E-state index in [9.17, 15) is 0 Å². The molecule has 0 aliphatic heterocycles. The van der Waals surface area contributed by atoms with Gasteiger partial charge in [0.1, 0.15) is 11.3 Å². The third kappa shape index (κ3) is 1.52. The second-order valence-corrected chi connectivity index (χ2v) is 3.11. The van der Waals surface area contributed by atoms with Gasteiger partial charge in [-0.2, -0.15) is 0 Å². The highest BCUT2D eigenvalue weighted by molar-refractivity contribution is 5.87. The van der Waals surface area contributed by atoms with Gasteiger partial charge in [-0.25, -0.2) is 4.98 Å². The molecule has 0 bridgehead atoms. The minimum Gasteiger partial charge on any atom is -0.382 e. The molecule has 4 N–H and O–H groups in total. The van der Waals surface area contributed by atoms with E-state index in [-0.39, 0.29) is 0 Å². The van der Waals surface area contributed by atoms with E-state index in [4.69, 9.17) is 11.5 Å². The molecule has 14 heavy (non-hydrogen) atoms. The van der Waals surface area contributed by atoms with Crippen LogP contribution >= 0.6 is 0 Å². The zero-order valence-electron chi connectivity index (χ0n) is 7.77. The monoisotopic (exact) mass is 188 g/mol. The predicted molar refractivity (Wildman–Crippen MR) is 56.7 cm³/mol. The second kappa shape index (κ2) is 3.59. The number of anilines is 1. The van der Waals surface area contributed by atoms with Gasteiger partial charge in [-0.1, -0.05) is 6.07 Å². The van der Waals surface area contributed by atoms with Crippen molar-refractivity contribution >= 4 is 16.7 Å². The number of nitrogen functional groups attached to an aromatic ring is 1. The quantitative estimate of drug-likeness (QED) is 0.727. The first-order valence-electron chi connectivity index (χ1n) is 4.51. The fourth-order valence-corrected chi connectivity index (χ4v) is 1.44. The summed E-state index contributed by atoms with van der Waals surface area (Å²) in [7, 11) is 0. The van der Waals surface area contributed by atoms with Crippen molar-refractivity contribution < 1.29 is 0 Å². The van der Waals surface area contributed by atoms with E-state index in [0.717, 1.165) is 23.0 Å². The van der Waals surface area contributed by atoms with E-state index in [2.05, 4.69) is 9.97 Å². The van der Waals surface area contributed by atoms with Crippen LogP contribution in [0.4, 0.5) is 5.82 Å². The number of hydrogen-bond acceptors (Lipinski definition) is 4. The maximum absolute atomic E-state index is 5.77. The molecule has 0 aliphatic carbocycles. The van der Waals surface area contributed by atoms with E-state index in [0.29, 0.717) is 12.4 Å². The van der Waals surface area contributed by atoms with Gasteiger partial charge >= 0.3 is 0 Å². The summed E-state index contributed by atoms with van der Waals surface area (Å²) >= 11 is 0. The van der Waals surface area contributed by atoms with Gasteiger partial charge in [0.2, 0.25) is 0 Å². The van der Waals surface area contributed by atoms with Gasteiger partial charge in [0.05, 0.1) is 0 Å². The van der Waals surface area contributed by atoms with Crippen molar-refractivity contribution in [2.45, 2.75) is 6.42 Å². The molecule has 0 saturated carbocycles. The first-order valence-corrected chi connectivity index (χ1v) is 4.51. The van der Waals surface area contributed by atoms with Crippen LogP contribution in [0.15, 0.2) is 24.4 Å². The summed E-state index contributed by atoms with van der Waals surface area (Å²) < 4.78 is 0. The Hall–Kier alpha value is -1.68. The van der Waals surface area contributed by atoms with Crippen LogP contribution in [-0.2, 0) is 6.42 Å². The van der Waals surface area contributed by atoms with E-state index in [1.165, 1.54) is 0 Å². The van der Waals surface area contributed by atoms with Gasteiger partial charge in [0.25, 0.3) is 0 Å². The molecule has 72 valence electrons. The standard InChI is InChI=1S/C10H12N4/c11-4-3-8-6-7-2-1-5-13-9(7)10(12)14-8/h1-2,5-6H,3-4,11H2,(H2,12,14). The van der Waals surface area contributed by atoms with Crippen LogP contribution in [0.1, 0.15) is 5.69 Å². The highest BCUT2D eigenvalue weighted by Gasteiger charge is 2.02. The van der Waals surface area contributed by atoms with Gasteiger partial charge in [0.15, 0.2) is 0 Å². The Kier molecular flexibility index (Phi) is 2.28. The highest BCUT2D eigenvalue weighted by Crippen LogP contribution is 2.17. The van der Waals surface area contributed by atoms with Gasteiger partial charge in [-0.05, 0) is 18.7 Å². The zero-order chi connectivity index (χ0) is 9.97. The molecule has 4 heteroatoms. The Morgan fingerprint density at radius 2 is 2.21 bits per heavy atom. The molecule has 0 aliphatic rings. The molecule has 2 heterocycles. The normalized spacial score (nSPS) is 10.6. The van der Waals surface area contributed by atoms with E-state index >= 15 is 0 Å². The SMILES string of the molecule is NCCc1cc2cccnc2c(N)n1. The minimum absolute atomic E-state index is 0.478. The average Bonchev–Trinajstić information content (AvgIpc) is 2.18. The van der Waals surface area contributed by atoms with Crippen LogP contribution in [0.5, 0.6) is 0 Å². The molecular weight excluding hydrogens is 176 g/mol. The number of nitrogens with two attached hydrogens (primary N) is 2. The second-order valence-electron chi connectivity index (χ2n) is 3.11. The van der Waals surface area contributed by atoms with Crippen LogP contribution in [0, 0.1) is 0 Å². The first kappa shape index (κ1) is 8.90. The van der Waals surface area contributed by atoms with Crippen molar-refractivity contribution in [3.05, 3.63) is 30.1 Å². The summed E-state index contributed by atoms with van der Waals surface area (Å²) in [6, 6.07) is 5.83. The maximum atomic E-state index is 5.77. The molecule has 4 nitrogen and oxygen atoms in total. The Bertz CT molecular complexity index is 453. The molecule has 2 rings (SSSR count). The minimum atomic E-state index is 0.478. The van der Waals surface area contributed by atoms with Gasteiger partial charge in [0, 0.05) is 23.7 Å². The van der Waals surface area contributed by atoms with Gasteiger partial charge in [-0.15, -0.1) is 0 Å². The molecule has 0 unspecified atom stereocenters. The number of rotatable bonds is 2. The molecular formula is C10H12N4. The summed E-state index contributed by atoms with van der Waals surface area (Å²) in [5, 5.41) is 1.02. The summed E-state index contributed by atoms with van der Waals surface area (Å²) in [4.78, 5) is 8.39. The number of hydrogen-bond donors (Lipinski definition) is 2. The van der Waals surface area contributed by atoms with E-state index in [1.807, 2.05) is 18.2 Å². The summed E-state index contributed by atoms with van der Waals surface area (Å²) in [5.74, 6) is 0.478. The summed E-state index contributed by atoms with van der Waals surface area (Å²) in [6.45, 7) is 0.582. The average molecular weight is 188 g/mol. The zero-order valence-corrected chi connectivity index (χ0v) is 7.77. The van der Waals surface area contributed by atoms with Crippen LogP contribution < -0.4 is 11.5 Å². The van der Waals surface area contributed by atoms with Crippen molar-refractivity contribution in [3.63, 3.8) is 0 Å². The molecule has 0 amide bonds. The van der Waals surface area contributed by atoms with Crippen molar-refractivity contribution in [1.29, 1.82) is 0 Å². The fraction of sp³-hybridized carbons (Fsp3) is 0.200. The van der Waals surface area contributed by atoms with E-state index < -0.39 is 0 Å². The van der Waals surface area contributed by atoms with Gasteiger partial charge in [-0.3, -0.25) is 4.98 Å². The van der Waals surface area contributed by atoms with E-state index in [1.54, 1.807) is 6.20 Å². The number of fused-ring (bicyclic) bond motifs is 1. The predicted octanol–water partition coefficient (Wildman–Crippen LogP) is 0.713. The van der Waals surface area contributed by atoms with Crippen LogP contribution in [0.2, 0.25) is 0 Å². The Labute approximate surface area is 82.0 Å². The van der Waals surface area contributed by atoms with Gasteiger partial charge < -0.3 is 11.5 Å². The number of pyridine rings is 2. The lowest BCUT2D eigenvalue weighted by Gasteiger charge is -2.03.